The predicted molar refractivity (Wildman–Crippen MR) is 159 cm³/mol. The number of rotatable bonds is 7. The summed E-state index contributed by atoms with van der Waals surface area (Å²) < 4.78 is 34.5. The molecule has 0 unspecified atom stereocenters. The Bertz CT molecular complexity index is 1830. The quantitative estimate of drug-likeness (QED) is 0.269. The van der Waals surface area contributed by atoms with Crippen LogP contribution >= 0.6 is 0 Å². The van der Waals surface area contributed by atoms with Gasteiger partial charge in [0, 0.05) is 32.4 Å². The van der Waals surface area contributed by atoms with Crippen molar-refractivity contribution in [3.8, 4) is 5.69 Å². The average molecular weight is 625 g/mol. The van der Waals surface area contributed by atoms with E-state index < -0.39 is 27.4 Å². The first kappa shape index (κ1) is 30.4. The second-order valence-corrected chi connectivity index (χ2v) is 12.8. The van der Waals surface area contributed by atoms with Gasteiger partial charge in [-0.1, -0.05) is 0 Å². The van der Waals surface area contributed by atoms with E-state index in [2.05, 4.69) is 25.2 Å². The second-order valence-electron chi connectivity index (χ2n) is 10.9. The lowest BCUT2D eigenvalue weighted by atomic mass is 10.2. The molecule has 0 bridgehead atoms. The van der Waals surface area contributed by atoms with Crippen LogP contribution in [0.4, 0.5) is 16.3 Å². The number of nitrogens with one attached hydrogen (secondary N) is 2. The molecule has 3 aromatic heterocycles. The van der Waals surface area contributed by atoms with E-state index in [1.807, 2.05) is 25.7 Å². The van der Waals surface area contributed by atoms with Crippen LogP contribution in [-0.4, -0.2) is 94.4 Å². The molecule has 0 atom stereocenters. The molecule has 1 aliphatic rings. The maximum absolute atomic E-state index is 13.4. The monoisotopic (exact) mass is 624 g/mol. The van der Waals surface area contributed by atoms with Crippen molar-refractivity contribution in [3.05, 3.63) is 60.2 Å². The minimum Gasteiger partial charge on any atom is -0.444 e. The summed E-state index contributed by atoms with van der Waals surface area (Å²) in [5.74, 6) is -0.874. The van der Waals surface area contributed by atoms with E-state index in [9.17, 15) is 22.8 Å². The number of carbonyl (C=O) groups is 3. The first-order valence-electron chi connectivity index (χ1n) is 13.6. The lowest BCUT2D eigenvalue weighted by Gasteiger charge is -2.36. The number of hydrogen-bond acceptors (Lipinski definition) is 10. The number of nitrogens with zero attached hydrogens (tertiary/aromatic N) is 7. The van der Waals surface area contributed by atoms with Crippen LogP contribution in [0.25, 0.3) is 11.3 Å². The molecule has 3 amide bonds. The van der Waals surface area contributed by atoms with Gasteiger partial charge in [0.25, 0.3) is 11.8 Å². The molecule has 1 saturated heterocycles. The minimum absolute atomic E-state index is 0.0446. The van der Waals surface area contributed by atoms with Gasteiger partial charge in [0.15, 0.2) is 11.3 Å². The first-order chi connectivity index (χ1) is 20.8. The highest BCUT2D eigenvalue weighted by atomic mass is 32.2. The van der Waals surface area contributed by atoms with Crippen molar-refractivity contribution >= 4 is 45.1 Å². The smallest absolute Gasteiger partial charge is 0.410 e. The molecule has 232 valence electrons. The Labute approximate surface area is 252 Å². The lowest BCUT2D eigenvalue weighted by molar-refractivity contribution is 0.0240. The topological polar surface area (TPSA) is 199 Å². The van der Waals surface area contributed by atoms with Gasteiger partial charge in [0.2, 0.25) is 10.0 Å². The number of anilines is 2. The third-order valence-corrected chi connectivity index (χ3v) is 8.16. The molecule has 17 heteroatoms. The van der Waals surface area contributed by atoms with E-state index in [-0.39, 0.29) is 33.6 Å². The van der Waals surface area contributed by atoms with Crippen molar-refractivity contribution in [2.24, 2.45) is 5.73 Å². The van der Waals surface area contributed by atoms with Gasteiger partial charge >= 0.3 is 6.09 Å². The number of fused-ring (bicyclic) bond motifs is 1. The zero-order chi connectivity index (χ0) is 31.8. The molecule has 4 aromatic rings. The van der Waals surface area contributed by atoms with E-state index in [1.165, 1.54) is 52.9 Å². The van der Waals surface area contributed by atoms with Crippen LogP contribution in [0.3, 0.4) is 0 Å². The fraction of sp³-hybridized carbons (Fsp3) is 0.333. The molecule has 0 spiro atoms. The number of nitrogens with two attached hydrogens (primary N) is 1. The molecule has 4 N–H and O–H groups in total. The predicted octanol–water partition coefficient (Wildman–Crippen LogP) is 1.23. The zero-order valence-electron chi connectivity index (χ0n) is 24.5. The Kier molecular flexibility index (Phi) is 8.00. The highest BCUT2D eigenvalue weighted by Gasteiger charge is 2.27. The third kappa shape index (κ3) is 6.32. The van der Waals surface area contributed by atoms with Crippen molar-refractivity contribution in [3.63, 3.8) is 0 Å². The third-order valence-electron chi connectivity index (χ3n) is 6.73. The Morgan fingerprint density at radius 3 is 2.32 bits per heavy atom. The summed E-state index contributed by atoms with van der Waals surface area (Å²) in [5, 5.41) is 11.1. The number of sulfonamides is 1. The number of aromatic nitrogens is 5. The van der Waals surface area contributed by atoms with Gasteiger partial charge in [-0.25, -0.2) is 32.1 Å². The Hall–Kier alpha value is -5.03. The lowest BCUT2D eigenvalue weighted by Crippen LogP contribution is -2.50. The highest BCUT2D eigenvalue weighted by molar-refractivity contribution is 7.89. The van der Waals surface area contributed by atoms with Gasteiger partial charge in [-0.2, -0.15) is 10.2 Å². The summed E-state index contributed by atoms with van der Waals surface area (Å²) >= 11 is 0. The van der Waals surface area contributed by atoms with Gasteiger partial charge in [-0.3, -0.25) is 9.59 Å². The molecule has 0 aliphatic carbocycles. The Balaban J connectivity index is 1.34. The number of benzene rings is 1. The minimum atomic E-state index is -3.64. The fourth-order valence-electron chi connectivity index (χ4n) is 4.51. The van der Waals surface area contributed by atoms with Crippen LogP contribution in [0.15, 0.2) is 53.8 Å². The number of ether oxygens (including phenoxy) is 1. The maximum atomic E-state index is 13.4. The fourth-order valence-corrected chi connectivity index (χ4v) is 5.24. The summed E-state index contributed by atoms with van der Waals surface area (Å²) in [5.41, 5.74) is 5.65. The van der Waals surface area contributed by atoms with Crippen LogP contribution in [0.5, 0.6) is 0 Å². The van der Waals surface area contributed by atoms with Crippen molar-refractivity contribution in [1.82, 2.24) is 34.0 Å². The van der Waals surface area contributed by atoms with E-state index in [1.54, 1.807) is 17.2 Å². The summed E-state index contributed by atoms with van der Waals surface area (Å²) in [6, 6.07) is 7.53. The van der Waals surface area contributed by atoms with E-state index in [0.717, 1.165) is 0 Å². The van der Waals surface area contributed by atoms with Crippen LogP contribution in [0.1, 0.15) is 41.6 Å². The van der Waals surface area contributed by atoms with Crippen molar-refractivity contribution in [2.45, 2.75) is 31.3 Å². The molecular weight excluding hydrogens is 592 g/mol. The van der Waals surface area contributed by atoms with Crippen molar-refractivity contribution < 1.29 is 27.5 Å². The van der Waals surface area contributed by atoms with Crippen molar-refractivity contribution in [2.75, 3.05) is 43.4 Å². The van der Waals surface area contributed by atoms with Crippen LogP contribution in [-0.2, 0) is 14.8 Å². The summed E-state index contributed by atoms with van der Waals surface area (Å²) in [6.07, 6.45) is 4.07. The van der Waals surface area contributed by atoms with Gasteiger partial charge < -0.3 is 25.6 Å². The maximum Gasteiger partial charge on any atom is 0.410 e. The van der Waals surface area contributed by atoms with E-state index in [4.69, 9.17) is 10.5 Å². The first-order valence-corrected chi connectivity index (χ1v) is 15.1. The number of hydrogen-bond donors (Lipinski definition) is 3. The Morgan fingerprint density at radius 1 is 1.02 bits per heavy atom. The van der Waals surface area contributed by atoms with Crippen LogP contribution in [0, 0.1) is 0 Å². The molecule has 4 heterocycles. The van der Waals surface area contributed by atoms with Crippen LogP contribution < -0.4 is 20.7 Å². The molecule has 1 aromatic carbocycles. The van der Waals surface area contributed by atoms with E-state index in [0.29, 0.717) is 37.7 Å². The molecular formula is C27H32N10O6S. The number of carbonyl (C=O) groups excluding carboxylic acids is 3. The molecule has 16 nitrogen and oxygen atoms in total. The molecule has 0 radical (unpaired) electrons. The summed E-state index contributed by atoms with van der Waals surface area (Å²) in [7, 11) is -2.34. The van der Waals surface area contributed by atoms with Gasteiger partial charge in [-0.05, 0) is 58.2 Å². The molecule has 44 heavy (non-hydrogen) atoms. The average Bonchev–Trinajstić information content (AvgIpc) is 3.61. The number of primary amides is 1. The normalized spacial score (nSPS) is 14.1. The zero-order valence-corrected chi connectivity index (χ0v) is 25.3. The van der Waals surface area contributed by atoms with Crippen LogP contribution in [0.2, 0.25) is 0 Å². The molecule has 0 saturated carbocycles. The number of piperazine rings is 1. The molecule has 1 fully saturated rings. The van der Waals surface area contributed by atoms with Crippen molar-refractivity contribution in [1.29, 1.82) is 0 Å². The summed E-state index contributed by atoms with van der Waals surface area (Å²) in [4.78, 5) is 46.3. The van der Waals surface area contributed by atoms with Gasteiger partial charge in [0.05, 0.1) is 28.7 Å². The van der Waals surface area contributed by atoms with Gasteiger partial charge in [0.1, 0.15) is 17.0 Å². The van der Waals surface area contributed by atoms with E-state index >= 15 is 0 Å². The summed E-state index contributed by atoms with van der Waals surface area (Å²) in [6.45, 7) is 7.38. The molecule has 5 rings (SSSR count). The SMILES string of the molecule is CNS(=O)(=O)c1ccc(-n2cc(NC(=O)c3cnn4ccc(N5CCN(C(=O)OC(C)(C)C)CC5)nc34)c(C(N)=O)n2)cc1. The highest BCUT2D eigenvalue weighted by Crippen LogP contribution is 2.22. The largest absolute Gasteiger partial charge is 0.444 e. The molecule has 1 aliphatic heterocycles. The van der Waals surface area contributed by atoms with Gasteiger partial charge in [-0.15, -0.1) is 0 Å². The standard InChI is InChI=1S/C27H32N10O6S/c1-27(2,3)43-26(40)35-13-11-34(12-14-35)21-9-10-36-24(32-21)19(15-30-36)25(39)31-20-16-37(33-22(20)23(28)38)17-5-7-18(8-6-17)44(41,42)29-4/h5-10,15-16,29H,11-14H2,1-4H3,(H2,28,38)(H,31,39). The number of amides is 3. The second kappa shape index (κ2) is 11.6. The Morgan fingerprint density at radius 2 is 1.70 bits per heavy atom.